The second-order valence-electron chi connectivity index (χ2n) is 8.84. The summed E-state index contributed by atoms with van der Waals surface area (Å²) in [6.07, 6.45) is 7.04. The molecule has 0 spiro atoms. The van der Waals surface area contributed by atoms with Gasteiger partial charge < -0.3 is 5.32 Å². The Bertz CT molecular complexity index is 1290. The van der Waals surface area contributed by atoms with Gasteiger partial charge >= 0.3 is 0 Å². The van der Waals surface area contributed by atoms with Gasteiger partial charge in [0.05, 0.1) is 16.6 Å². The average Bonchev–Trinajstić information content (AvgIpc) is 3.17. The maximum atomic E-state index is 10.1. The molecule has 0 amide bonds. The third-order valence-electron chi connectivity index (χ3n) is 6.68. The van der Waals surface area contributed by atoms with Crippen molar-refractivity contribution in [3.63, 3.8) is 0 Å². The van der Waals surface area contributed by atoms with Crippen molar-refractivity contribution >= 4 is 22.5 Å². The van der Waals surface area contributed by atoms with Crippen LogP contribution in [0.5, 0.6) is 0 Å². The SMILES string of the molecule is Cc1ccc(Cc2c(C)c(C#N)c3nc4ccccc4n3c2NC2CCCCC2)cc1. The first-order valence-electron chi connectivity index (χ1n) is 11.3. The Morgan fingerprint density at radius 1 is 1.03 bits per heavy atom. The fourth-order valence-corrected chi connectivity index (χ4v) is 4.90. The Morgan fingerprint density at radius 2 is 1.77 bits per heavy atom. The molecule has 0 radical (unpaired) electrons. The van der Waals surface area contributed by atoms with Gasteiger partial charge in [-0.3, -0.25) is 4.40 Å². The van der Waals surface area contributed by atoms with Crippen LogP contribution in [0.4, 0.5) is 5.82 Å². The molecule has 156 valence electrons. The number of fused-ring (bicyclic) bond motifs is 3. The number of nitrogens with zero attached hydrogens (tertiary/aromatic N) is 3. The highest BCUT2D eigenvalue weighted by atomic mass is 15.1. The molecule has 1 N–H and O–H groups in total. The van der Waals surface area contributed by atoms with Crippen molar-refractivity contribution in [3.8, 4) is 6.07 Å². The van der Waals surface area contributed by atoms with Gasteiger partial charge in [0.15, 0.2) is 5.65 Å². The van der Waals surface area contributed by atoms with Crippen molar-refractivity contribution < 1.29 is 0 Å². The normalized spacial score (nSPS) is 14.7. The van der Waals surface area contributed by atoms with Crippen molar-refractivity contribution in [2.24, 2.45) is 0 Å². The molecule has 1 saturated carbocycles. The first-order valence-corrected chi connectivity index (χ1v) is 11.3. The van der Waals surface area contributed by atoms with E-state index in [1.54, 1.807) is 0 Å². The summed E-state index contributed by atoms with van der Waals surface area (Å²) in [5.74, 6) is 1.10. The number of para-hydroxylation sites is 2. The van der Waals surface area contributed by atoms with E-state index in [-0.39, 0.29) is 0 Å². The first-order chi connectivity index (χ1) is 15.2. The van der Waals surface area contributed by atoms with E-state index >= 15 is 0 Å². The molecule has 0 unspecified atom stereocenters. The summed E-state index contributed by atoms with van der Waals surface area (Å²) in [4.78, 5) is 4.86. The van der Waals surface area contributed by atoms with Crippen molar-refractivity contribution in [2.75, 3.05) is 5.32 Å². The number of aromatic nitrogens is 2. The number of benzene rings is 2. The lowest BCUT2D eigenvalue weighted by molar-refractivity contribution is 0.461. The van der Waals surface area contributed by atoms with Crippen molar-refractivity contribution in [1.82, 2.24) is 9.38 Å². The molecule has 4 heteroatoms. The number of imidazole rings is 1. The molecule has 4 aromatic rings. The molecular weight excluding hydrogens is 380 g/mol. The van der Waals surface area contributed by atoms with Crippen molar-refractivity contribution in [2.45, 2.75) is 58.4 Å². The Morgan fingerprint density at radius 3 is 2.52 bits per heavy atom. The highest BCUT2D eigenvalue weighted by Crippen LogP contribution is 2.34. The van der Waals surface area contributed by atoms with Crippen LogP contribution in [0.1, 0.15) is 59.9 Å². The van der Waals surface area contributed by atoms with E-state index in [1.807, 2.05) is 18.2 Å². The summed E-state index contributed by atoms with van der Waals surface area (Å²) in [5, 5.41) is 14.0. The van der Waals surface area contributed by atoms with Crippen LogP contribution < -0.4 is 5.32 Å². The third kappa shape index (κ3) is 3.55. The molecule has 4 nitrogen and oxygen atoms in total. The molecule has 2 aromatic heterocycles. The van der Waals surface area contributed by atoms with E-state index in [2.05, 4.69) is 60.0 Å². The van der Waals surface area contributed by atoms with Crippen molar-refractivity contribution in [3.05, 3.63) is 76.3 Å². The van der Waals surface area contributed by atoms with Crippen molar-refractivity contribution in [1.29, 1.82) is 5.26 Å². The summed E-state index contributed by atoms with van der Waals surface area (Å²) >= 11 is 0. The van der Waals surface area contributed by atoms with Crippen LogP contribution >= 0.6 is 0 Å². The van der Waals surface area contributed by atoms with E-state index in [1.165, 1.54) is 48.8 Å². The Balaban J connectivity index is 1.76. The number of anilines is 1. The van der Waals surface area contributed by atoms with Gasteiger partial charge in [-0.25, -0.2) is 4.98 Å². The Labute approximate surface area is 183 Å². The van der Waals surface area contributed by atoms with Gasteiger partial charge in [-0.15, -0.1) is 0 Å². The molecule has 2 aromatic carbocycles. The molecule has 0 atom stereocenters. The largest absolute Gasteiger partial charge is 0.368 e. The Hall–Kier alpha value is -3.32. The Kier molecular flexibility index (Phi) is 5.11. The second-order valence-corrected chi connectivity index (χ2v) is 8.84. The minimum absolute atomic E-state index is 0.460. The highest BCUT2D eigenvalue weighted by molar-refractivity contribution is 5.86. The zero-order chi connectivity index (χ0) is 21.4. The van der Waals surface area contributed by atoms with Crippen LogP contribution in [-0.2, 0) is 6.42 Å². The summed E-state index contributed by atoms with van der Waals surface area (Å²) in [7, 11) is 0. The van der Waals surface area contributed by atoms with Gasteiger partial charge in [-0.2, -0.15) is 5.26 Å². The minimum atomic E-state index is 0.460. The molecule has 1 aliphatic carbocycles. The smallest absolute Gasteiger partial charge is 0.157 e. The molecule has 1 fully saturated rings. The molecule has 5 rings (SSSR count). The molecule has 0 aliphatic heterocycles. The maximum absolute atomic E-state index is 10.1. The lowest BCUT2D eigenvalue weighted by Crippen LogP contribution is -2.25. The van der Waals surface area contributed by atoms with Crippen LogP contribution in [0.3, 0.4) is 0 Å². The standard InChI is InChI=1S/C27H28N4/c1-18-12-14-20(15-13-18)16-22-19(2)23(17-28)27-30-24-10-6-7-11-25(24)31(27)26(22)29-21-8-4-3-5-9-21/h6-7,10-15,21,29H,3-5,8-9,16H2,1-2H3. The average molecular weight is 409 g/mol. The lowest BCUT2D eigenvalue weighted by Gasteiger charge is -2.27. The van der Waals surface area contributed by atoms with E-state index in [4.69, 9.17) is 4.98 Å². The van der Waals surface area contributed by atoms with Crippen LogP contribution in [0.2, 0.25) is 0 Å². The number of hydrogen-bond acceptors (Lipinski definition) is 3. The maximum Gasteiger partial charge on any atom is 0.157 e. The molecule has 2 heterocycles. The van der Waals surface area contributed by atoms with Crippen LogP contribution in [-0.4, -0.2) is 15.4 Å². The fourth-order valence-electron chi connectivity index (χ4n) is 4.90. The number of nitriles is 1. The highest BCUT2D eigenvalue weighted by Gasteiger charge is 2.23. The summed E-state index contributed by atoms with van der Waals surface area (Å²) in [5.41, 5.74) is 8.16. The number of aryl methyl sites for hydroxylation is 1. The molecule has 0 bridgehead atoms. The topological polar surface area (TPSA) is 53.1 Å². The van der Waals surface area contributed by atoms with Gasteiger partial charge in [0.2, 0.25) is 0 Å². The van der Waals surface area contributed by atoms with E-state index in [9.17, 15) is 5.26 Å². The van der Waals surface area contributed by atoms with E-state index < -0.39 is 0 Å². The summed E-state index contributed by atoms with van der Waals surface area (Å²) < 4.78 is 2.19. The van der Waals surface area contributed by atoms with Crippen LogP contribution in [0.25, 0.3) is 16.7 Å². The number of rotatable bonds is 4. The van der Waals surface area contributed by atoms with Gasteiger partial charge in [-0.05, 0) is 49.9 Å². The lowest BCUT2D eigenvalue weighted by atomic mass is 9.94. The third-order valence-corrected chi connectivity index (χ3v) is 6.68. The predicted molar refractivity (Wildman–Crippen MR) is 127 cm³/mol. The monoisotopic (exact) mass is 408 g/mol. The first kappa shape index (κ1) is 19.6. The number of hydrogen-bond donors (Lipinski definition) is 1. The van der Waals surface area contributed by atoms with Gasteiger partial charge in [0, 0.05) is 18.0 Å². The second kappa shape index (κ2) is 8.07. The molecule has 1 aliphatic rings. The zero-order valence-electron chi connectivity index (χ0n) is 18.3. The van der Waals surface area contributed by atoms with Crippen LogP contribution in [0, 0.1) is 25.2 Å². The van der Waals surface area contributed by atoms with Crippen LogP contribution in [0.15, 0.2) is 48.5 Å². The number of nitrogens with one attached hydrogen (secondary N) is 1. The predicted octanol–water partition coefficient (Wildman–Crippen LogP) is 6.31. The quantitative estimate of drug-likeness (QED) is 0.430. The molecule has 0 saturated heterocycles. The summed E-state index contributed by atoms with van der Waals surface area (Å²) in [6.45, 7) is 4.19. The fraction of sp³-hybridized carbons (Fsp3) is 0.333. The summed E-state index contributed by atoms with van der Waals surface area (Å²) in [6, 6.07) is 19.8. The number of pyridine rings is 1. The van der Waals surface area contributed by atoms with Gasteiger partial charge in [-0.1, -0.05) is 61.2 Å². The minimum Gasteiger partial charge on any atom is -0.368 e. The zero-order valence-corrected chi connectivity index (χ0v) is 18.3. The molecular formula is C27H28N4. The molecule has 31 heavy (non-hydrogen) atoms. The van der Waals surface area contributed by atoms with E-state index in [0.717, 1.165) is 34.5 Å². The van der Waals surface area contributed by atoms with Gasteiger partial charge in [0.25, 0.3) is 0 Å². The van der Waals surface area contributed by atoms with Gasteiger partial charge in [0.1, 0.15) is 11.9 Å². The van der Waals surface area contributed by atoms with E-state index in [0.29, 0.717) is 11.6 Å².